The predicted octanol–water partition coefficient (Wildman–Crippen LogP) is 2.54. The molecular weight excluding hydrogens is 276 g/mol. The Morgan fingerprint density at radius 3 is 2.90 bits per heavy atom. The SMILES string of the molecule is O=C(O)Cc1cc2c(c(C(=O)c3cccs3)c1)OCC2. The smallest absolute Gasteiger partial charge is 0.307 e. The molecular formula is C15H12O4S. The Morgan fingerprint density at radius 1 is 1.35 bits per heavy atom. The molecule has 0 aliphatic carbocycles. The fraction of sp³-hybridized carbons (Fsp3) is 0.200. The van der Waals surface area contributed by atoms with Crippen LogP contribution in [0.3, 0.4) is 0 Å². The molecule has 1 aromatic carbocycles. The Bertz CT molecular complexity index is 673. The maximum absolute atomic E-state index is 12.5. The summed E-state index contributed by atoms with van der Waals surface area (Å²) in [6.45, 7) is 0.538. The largest absolute Gasteiger partial charge is 0.492 e. The first kappa shape index (κ1) is 12.9. The molecule has 0 spiro atoms. The number of carboxylic acid groups (broad SMARTS) is 1. The average molecular weight is 288 g/mol. The molecule has 0 atom stereocenters. The number of rotatable bonds is 4. The molecule has 1 aliphatic rings. The molecule has 0 radical (unpaired) electrons. The molecule has 1 aliphatic heterocycles. The Morgan fingerprint density at radius 2 is 2.20 bits per heavy atom. The third-order valence-corrected chi connectivity index (χ3v) is 4.06. The molecule has 3 rings (SSSR count). The number of thiophene rings is 1. The van der Waals surface area contributed by atoms with E-state index < -0.39 is 5.97 Å². The molecule has 0 fully saturated rings. The minimum atomic E-state index is -0.904. The zero-order valence-corrected chi connectivity index (χ0v) is 11.4. The van der Waals surface area contributed by atoms with Gasteiger partial charge in [-0.25, -0.2) is 0 Å². The molecule has 0 unspecified atom stereocenters. The minimum Gasteiger partial charge on any atom is -0.492 e. The number of benzene rings is 1. The van der Waals surface area contributed by atoms with E-state index in [1.54, 1.807) is 12.1 Å². The van der Waals surface area contributed by atoms with Crippen LogP contribution in [0.4, 0.5) is 0 Å². The van der Waals surface area contributed by atoms with Gasteiger partial charge in [0, 0.05) is 6.42 Å². The van der Waals surface area contributed by atoms with Crippen LogP contribution in [0.15, 0.2) is 29.6 Å². The summed E-state index contributed by atoms with van der Waals surface area (Å²) in [6.07, 6.45) is 0.630. The van der Waals surface area contributed by atoms with Gasteiger partial charge in [-0.3, -0.25) is 9.59 Å². The summed E-state index contributed by atoms with van der Waals surface area (Å²) in [5.74, 6) is -0.402. The van der Waals surface area contributed by atoms with Crippen LogP contribution in [-0.2, 0) is 17.6 Å². The Balaban J connectivity index is 2.07. The second-order valence-corrected chi connectivity index (χ2v) is 5.55. The van der Waals surface area contributed by atoms with Crippen LogP contribution in [0.1, 0.15) is 26.4 Å². The highest BCUT2D eigenvalue weighted by Crippen LogP contribution is 2.33. The van der Waals surface area contributed by atoms with E-state index in [4.69, 9.17) is 9.84 Å². The molecule has 0 bridgehead atoms. The van der Waals surface area contributed by atoms with Crippen LogP contribution < -0.4 is 4.74 Å². The van der Waals surface area contributed by atoms with Gasteiger partial charge < -0.3 is 9.84 Å². The summed E-state index contributed by atoms with van der Waals surface area (Å²) in [4.78, 5) is 24.0. The number of aliphatic carboxylic acids is 1. The predicted molar refractivity (Wildman–Crippen MR) is 74.7 cm³/mol. The lowest BCUT2D eigenvalue weighted by molar-refractivity contribution is -0.136. The summed E-state index contributed by atoms with van der Waals surface area (Å²) in [6, 6.07) is 7.04. The molecule has 20 heavy (non-hydrogen) atoms. The van der Waals surface area contributed by atoms with Crippen molar-refractivity contribution in [3.8, 4) is 5.75 Å². The number of fused-ring (bicyclic) bond motifs is 1. The minimum absolute atomic E-state index is 0.0853. The number of ketones is 1. The summed E-state index contributed by atoms with van der Waals surface area (Å²) < 4.78 is 5.55. The van der Waals surface area contributed by atoms with Crippen molar-refractivity contribution in [1.82, 2.24) is 0 Å². The van der Waals surface area contributed by atoms with Crippen LogP contribution in [0.2, 0.25) is 0 Å². The van der Waals surface area contributed by atoms with Crippen molar-refractivity contribution in [2.24, 2.45) is 0 Å². The maximum Gasteiger partial charge on any atom is 0.307 e. The van der Waals surface area contributed by atoms with E-state index >= 15 is 0 Å². The van der Waals surface area contributed by atoms with Gasteiger partial charge in [-0.15, -0.1) is 11.3 Å². The third kappa shape index (κ3) is 2.32. The first-order valence-corrected chi connectivity index (χ1v) is 7.11. The van der Waals surface area contributed by atoms with Crippen LogP contribution in [0, 0.1) is 0 Å². The lowest BCUT2D eigenvalue weighted by Crippen LogP contribution is -2.06. The van der Waals surface area contributed by atoms with Crippen molar-refractivity contribution in [3.63, 3.8) is 0 Å². The lowest BCUT2D eigenvalue weighted by atomic mass is 9.98. The van der Waals surface area contributed by atoms with E-state index in [1.807, 2.05) is 17.5 Å². The monoisotopic (exact) mass is 288 g/mol. The van der Waals surface area contributed by atoms with Crippen molar-refractivity contribution in [2.45, 2.75) is 12.8 Å². The van der Waals surface area contributed by atoms with Crippen molar-refractivity contribution < 1.29 is 19.4 Å². The number of carboxylic acids is 1. The molecule has 0 saturated carbocycles. The zero-order chi connectivity index (χ0) is 14.1. The highest BCUT2D eigenvalue weighted by atomic mass is 32.1. The van der Waals surface area contributed by atoms with Crippen LogP contribution in [-0.4, -0.2) is 23.5 Å². The van der Waals surface area contributed by atoms with Gasteiger partial charge in [0.05, 0.1) is 23.5 Å². The molecule has 1 N–H and O–H groups in total. The fourth-order valence-electron chi connectivity index (χ4n) is 2.36. The third-order valence-electron chi connectivity index (χ3n) is 3.19. The summed E-state index contributed by atoms with van der Waals surface area (Å²) in [7, 11) is 0. The van der Waals surface area contributed by atoms with Crippen molar-refractivity contribution >= 4 is 23.1 Å². The Kier molecular flexibility index (Phi) is 3.28. The van der Waals surface area contributed by atoms with E-state index in [0.717, 1.165) is 5.56 Å². The molecule has 0 saturated heterocycles. The number of hydrogen-bond acceptors (Lipinski definition) is 4. The van der Waals surface area contributed by atoms with E-state index in [2.05, 4.69) is 0 Å². The normalized spacial score (nSPS) is 12.8. The quantitative estimate of drug-likeness (QED) is 0.878. The second-order valence-electron chi connectivity index (χ2n) is 4.61. The van der Waals surface area contributed by atoms with Crippen molar-refractivity contribution in [1.29, 1.82) is 0 Å². The first-order valence-electron chi connectivity index (χ1n) is 6.24. The van der Waals surface area contributed by atoms with Gasteiger partial charge in [0.25, 0.3) is 0 Å². The van der Waals surface area contributed by atoms with Crippen LogP contribution in [0.5, 0.6) is 5.75 Å². The van der Waals surface area contributed by atoms with E-state index in [-0.39, 0.29) is 12.2 Å². The van der Waals surface area contributed by atoms with Gasteiger partial charge in [0.15, 0.2) is 0 Å². The number of carbonyl (C=O) groups excluding carboxylic acids is 1. The Hall–Kier alpha value is -2.14. The molecule has 102 valence electrons. The maximum atomic E-state index is 12.5. The molecule has 0 amide bonds. The molecule has 1 aromatic heterocycles. The summed E-state index contributed by atoms with van der Waals surface area (Å²) in [5.41, 5.74) is 2.03. The highest BCUT2D eigenvalue weighted by Gasteiger charge is 2.24. The molecule has 2 aromatic rings. The summed E-state index contributed by atoms with van der Waals surface area (Å²) >= 11 is 1.37. The van der Waals surface area contributed by atoms with Gasteiger partial charge in [-0.1, -0.05) is 12.1 Å². The van der Waals surface area contributed by atoms with E-state index in [9.17, 15) is 9.59 Å². The second kappa shape index (κ2) is 5.09. The van der Waals surface area contributed by atoms with E-state index in [0.29, 0.717) is 34.8 Å². The van der Waals surface area contributed by atoms with Crippen molar-refractivity contribution in [3.05, 3.63) is 51.2 Å². The topological polar surface area (TPSA) is 63.6 Å². The molecule has 4 nitrogen and oxygen atoms in total. The van der Waals surface area contributed by atoms with E-state index in [1.165, 1.54) is 11.3 Å². The zero-order valence-electron chi connectivity index (χ0n) is 10.6. The number of ether oxygens (including phenoxy) is 1. The van der Waals surface area contributed by atoms with Crippen LogP contribution in [0.25, 0.3) is 0 Å². The lowest BCUT2D eigenvalue weighted by Gasteiger charge is -2.09. The molecule has 2 heterocycles. The highest BCUT2D eigenvalue weighted by molar-refractivity contribution is 7.12. The number of hydrogen-bond donors (Lipinski definition) is 1. The fourth-order valence-corrected chi connectivity index (χ4v) is 3.04. The standard InChI is InChI=1S/C15H12O4S/c16-13(17)8-9-6-10-3-4-19-15(10)11(7-9)14(18)12-2-1-5-20-12/h1-2,5-7H,3-4,8H2,(H,16,17). The van der Waals surface area contributed by atoms with Gasteiger partial charge in [-0.05, 0) is 28.6 Å². The first-order chi connectivity index (χ1) is 9.65. The van der Waals surface area contributed by atoms with Gasteiger partial charge in [0.2, 0.25) is 5.78 Å². The van der Waals surface area contributed by atoms with Crippen molar-refractivity contribution in [2.75, 3.05) is 6.61 Å². The average Bonchev–Trinajstić information content (AvgIpc) is 3.07. The summed E-state index contributed by atoms with van der Waals surface area (Å²) in [5, 5.41) is 10.8. The molecule has 5 heteroatoms. The van der Waals surface area contributed by atoms with Gasteiger partial charge >= 0.3 is 5.97 Å². The van der Waals surface area contributed by atoms with Gasteiger partial charge in [-0.2, -0.15) is 0 Å². The number of carbonyl (C=O) groups is 2. The van der Waals surface area contributed by atoms with Gasteiger partial charge in [0.1, 0.15) is 5.75 Å². The van der Waals surface area contributed by atoms with Crippen LogP contribution >= 0.6 is 11.3 Å². The Labute approximate surface area is 119 Å².